The SMILES string of the molecule is O=C1C[C@@H](c2nc(CCO)no2)N(C(=O)c2ccc(-c3ccccc3)cc2)C1. The Morgan fingerprint density at radius 1 is 1.11 bits per heavy atom. The average molecular weight is 377 g/mol. The number of likely N-dealkylation sites (tertiary alicyclic amines) is 1. The van der Waals surface area contributed by atoms with Crippen LogP contribution in [0.5, 0.6) is 0 Å². The molecule has 1 saturated heterocycles. The molecule has 1 N–H and O–H groups in total. The minimum absolute atomic E-state index is 0.0155. The zero-order valence-corrected chi connectivity index (χ0v) is 15.1. The number of rotatable bonds is 5. The highest BCUT2D eigenvalue weighted by Gasteiger charge is 2.39. The van der Waals surface area contributed by atoms with Gasteiger partial charge in [-0.25, -0.2) is 0 Å². The van der Waals surface area contributed by atoms with E-state index < -0.39 is 6.04 Å². The van der Waals surface area contributed by atoms with Gasteiger partial charge in [-0.1, -0.05) is 47.6 Å². The number of nitrogens with zero attached hydrogens (tertiary/aromatic N) is 3. The first-order chi connectivity index (χ1) is 13.7. The van der Waals surface area contributed by atoms with Gasteiger partial charge in [0.25, 0.3) is 5.91 Å². The first-order valence-corrected chi connectivity index (χ1v) is 9.07. The average Bonchev–Trinajstić information content (AvgIpc) is 3.35. The molecule has 1 aliphatic heterocycles. The van der Waals surface area contributed by atoms with Crippen LogP contribution in [0.3, 0.4) is 0 Å². The van der Waals surface area contributed by atoms with Gasteiger partial charge in [-0.3, -0.25) is 9.59 Å². The molecule has 28 heavy (non-hydrogen) atoms. The highest BCUT2D eigenvalue weighted by Crippen LogP contribution is 2.31. The quantitative estimate of drug-likeness (QED) is 0.734. The van der Waals surface area contributed by atoms with E-state index >= 15 is 0 Å². The summed E-state index contributed by atoms with van der Waals surface area (Å²) < 4.78 is 5.22. The Morgan fingerprint density at radius 3 is 2.54 bits per heavy atom. The van der Waals surface area contributed by atoms with Gasteiger partial charge < -0.3 is 14.5 Å². The summed E-state index contributed by atoms with van der Waals surface area (Å²) in [4.78, 5) is 30.7. The van der Waals surface area contributed by atoms with Gasteiger partial charge in [0.15, 0.2) is 11.6 Å². The first kappa shape index (κ1) is 18.1. The molecular formula is C21H19N3O4. The van der Waals surface area contributed by atoms with Crippen LogP contribution in [-0.2, 0) is 11.2 Å². The Balaban J connectivity index is 1.56. The predicted molar refractivity (Wildman–Crippen MR) is 100 cm³/mol. The number of aromatic nitrogens is 2. The van der Waals surface area contributed by atoms with Crippen LogP contribution in [0.2, 0.25) is 0 Å². The molecule has 4 rings (SSSR count). The van der Waals surface area contributed by atoms with E-state index in [0.717, 1.165) is 11.1 Å². The normalized spacial score (nSPS) is 16.5. The van der Waals surface area contributed by atoms with Gasteiger partial charge in [-0.05, 0) is 23.3 Å². The van der Waals surface area contributed by atoms with Crippen LogP contribution < -0.4 is 0 Å². The Hall–Kier alpha value is -3.32. The summed E-state index contributed by atoms with van der Waals surface area (Å²) in [6.07, 6.45) is 0.410. The Labute approximate surface area is 161 Å². The van der Waals surface area contributed by atoms with Crippen molar-refractivity contribution in [2.45, 2.75) is 18.9 Å². The standard InChI is InChI=1S/C21H19N3O4/c25-11-10-19-22-20(28-23-19)18-12-17(26)13-24(18)21(27)16-8-6-15(7-9-16)14-4-2-1-3-5-14/h1-9,18,25H,10-13H2/t18-/m0/s1. The first-order valence-electron chi connectivity index (χ1n) is 9.07. The monoisotopic (exact) mass is 377 g/mol. The second kappa shape index (κ2) is 7.74. The number of ketones is 1. The molecule has 2 heterocycles. The fourth-order valence-electron chi connectivity index (χ4n) is 3.33. The van der Waals surface area contributed by atoms with E-state index in [2.05, 4.69) is 10.1 Å². The molecule has 0 saturated carbocycles. The maximum Gasteiger partial charge on any atom is 0.254 e. The van der Waals surface area contributed by atoms with Gasteiger partial charge in [0, 0.05) is 18.4 Å². The third kappa shape index (κ3) is 3.57. The van der Waals surface area contributed by atoms with Crippen molar-refractivity contribution in [3.63, 3.8) is 0 Å². The lowest BCUT2D eigenvalue weighted by atomic mass is 10.0. The fraction of sp³-hybridized carbons (Fsp3) is 0.238. The number of benzene rings is 2. The van der Waals surface area contributed by atoms with Crippen LogP contribution in [-0.4, -0.2) is 45.0 Å². The molecule has 7 nitrogen and oxygen atoms in total. The van der Waals surface area contributed by atoms with E-state index in [1.807, 2.05) is 42.5 Å². The smallest absolute Gasteiger partial charge is 0.254 e. The van der Waals surface area contributed by atoms with Gasteiger partial charge in [-0.2, -0.15) is 4.98 Å². The number of Topliss-reactive ketones (excluding diaryl/α,β-unsaturated/α-hetero) is 1. The molecule has 1 fully saturated rings. The zero-order valence-electron chi connectivity index (χ0n) is 15.1. The molecule has 0 aliphatic carbocycles. The number of hydrogen-bond acceptors (Lipinski definition) is 6. The predicted octanol–water partition coefficient (Wildman–Crippen LogP) is 2.43. The molecule has 0 radical (unpaired) electrons. The van der Waals surface area contributed by atoms with E-state index in [4.69, 9.17) is 9.63 Å². The molecule has 142 valence electrons. The minimum atomic E-state index is -0.575. The molecule has 0 unspecified atom stereocenters. The molecule has 0 bridgehead atoms. The van der Waals surface area contributed by atoms with Gasteiger partial charge in [0.1, 0.15) is 6.04 Å². The molecule has 1 amide bonds. The summed E-state index contributed by atoms with van der Waals surface area (Å²) >= 11 is 0. The van der Waals surface area contributed by atoms with Gasteiger partial charge >= 0.3 is 0 Å². The third-order valence-corrected chi connectivity index (χ3v) is 4.75. The lowest BCUT2D eigenvalue weighted by molar-refractivity contribution is -0.116. The fourth-order valence-corrected chi connectivity index (χ4v) is 3.33. The molecule has 1 aliphatic rings. The topological polar surface area (TPSA) is 96.5 Å². The van der Waals surface area contributed by atoms with Crippen molar-refractivity contribution in [1.29, 1.82) is 0 Å². The number of carbonyl (C=O) groups excluding carboxylic acids is 2. The molecule has 1 atom stereocenters. The largest absolute Gasteiger partial charge is 0.396 e. The Bertz CT molecular complexity index is 982. The number of aliphatic hydroxyl groups is 1. The van der Waals surface area contributed by atoms with Crippen molar-refractivity contribution < 1.29 is 19.2 Å². The Kier molecular flexibility index (Phi) is 4.99. The lowest BCUT2D eigenvalue weighted by Gasteiger charge is -2.21. The van der Waals surface area contributed by atoms with E-state index in [9.17, 15) is 9.59 Å². The third-order valence-electron chi connectivity index (χ3n) is 4.75. The van der Waals surface area contributed by atoms with Crippen LogP contribution in [0.4, 0.5) is 0 Å². The molecule has 7 heteroatoms. The van der Waals surface area contributed by atoms with Crippen molar-refractivity contribution in [1.82, 2.24) is 15.0 Å². The summed E-state index contributed by atoms with van der Waals surface area (Å²) in [5, 5.41) is 12.8. The molecule has 2 aromatic carbocycles. The summed E-state index contributed by atoms with van der Waals surface area (Å²) in [5.74, 6) is 0.276. The zero-order chi connectivity index (χ0) is 19.5. The highest BCUT2D eigenvalue weighted by atomic mass is 16.5. The summed E-state index contributed by atoms with van der Waals surface area (Å²) in [5.41, 5.74) is 2.57. The van der Waals surface area contributed by atoms with Crippen LogP contribution in [0.25, 0.3) is 11.1 Å². The van der Waals surface area contributed by atoms with E-state index in [1.54, 1.807) is 12.1 Å². The summed E-state index contributed by atoms with van der Waals surface area (Å²) in [6.45, 7) is -0.0827. The van der Waals surface area contributed by atoms with Crippen LogP contribution in [0.1, 0.15) is 34.5 Å². The Morgan fingerprint density at radius 2 is 1.82 bits per heavy atom. The van der Waals surface area contributed by atoms with Gasteiger partial charge in [-0.15, -0.1) is 0 Å². The van der Waals surface area contributed by atoms with Gasteiger partial charge in [0.2, 0.25) is 5.89 Å². The van der Waals surface area contributed by atoms with Crippen molar-refractivity contribution in [2.75, 3.05) is 13.2 Å². The van der Waals surface area contributed by atoms with E-state index in [1.165, 1.54) is 4.90 Å². The highest BCUT2D eigenvalue weighted by molar-refractivity contribution is 5.99. The van der Waals surface area contributed by atoms with E-state index in [-0.39, 0.29) is 43.6 Å². The minimum Gasteiger partial charge on any atom is -0.396 e. The van der Waals surface area contributed by atoms with Crippen molar-refractivity contribution in [2.24, 2.45) is 0 Å². The van der Waals surface area contributed by atoms with Crippen LogP contribution in [0, 0.1) is 0 Å². The molecule has 3 aromatic rings. The van der Waals surface area contributed by atoms with E-state index in [0.29, 0.717) is 11.4 Å². The van der Waals surface area contributed by atoms with Crippen molar-refractivity contribution in [3.8, 4) is 11.1 Å². The van der Waals surface area contributed by atoms with Crippen molar-refractivity contribution >= 4 is 11.7 Å². The maximum absolute atomic E-state index is 13.0. The molecular weight excluding hydrogens is 358 g/mol. The van der Waals surface area contributed by atoms with Crippen LogP contribution in [0.15, 0.2) is 59.1 Å². The number of amides is 1. The number of carbonyl (C=O) groups is 2. The second-order valence-electron chi connectivity index (χ2n) is 6.66. The summed E-state index contributed by atoms with van der Waals surface area (Å²) in [7, 11) is 0. The summed E-state index contributed by atoms with van der Waals surface area (Å²) in [6, 6.07) is 16.6. The number of hydrogen-bond donors (Lipinski definition) is 1. The lowest BCUT2D eigenvalue weighted by Crippen LogP contribution is -2.31. The maximum atomic E-state index is 13.0. The molecule has 0 spiro atoms. The van der Waals surface area contributed by atoms with Crippen LogP contribution >= 0.6 is 0 Å². The molecule has 1 aromatic heterocycles. The number of aliphatic hydroxyl groups excluding tert-OH is 1. The second-order valence-corrected chi connectivity index (χ2v) is 6.66. The van der Waals surface area contributed by atoms with Crippen molar-refractivity contribution in [3.05, 3.63) is 71.9 Å². The van der Waals surface area contributed by atoms with Gasteiger partial charge in [0.05, 0.1) is 13.2 Å².